The molecule has 0 saturated carbocycles. The highest BCUT2D eigenvalue weighted by molar-refractivity contribution is 7.89. The summed E-state index contributed by atoms with van der Waals surface area (Å²) in [6, 6.07) is 0. The Kier molecular flexibility index (Phi) is 6.27. The first kappa shape index (κ1) is 18.2. The Bertz CT molecular complexity index is 405. The lowest BCUT2D eigenvalue weighted by molar-refractivity contribution is -0.132. The Morgan fingerprint density at radius 1 is 1.21 bits per heavy atom. The summed E-state index contributed by atoms with van der Waals surface area (Å²) >= 11 is 0. The lowest BCUT2D eigenvalue weighted by atomic mass is 10.4. The van der Waals surface area contributed by atoms with Crippen LogP contribution in [0.3, 0.4) is 0 Å². The predicted octanol–water partition coefficient (Wildman–Crippen LogP) is 1.07. The summed E-state index contributed by atoms with van der Waals surface area (Å²) in [7, 11) is -3.61. The first-order valence-electron chi connectivity index (χ1n) is 5.78. The summed E-state index contributed by atoms with van der Waals surface area (Å²) in [5, 5.41) is -2.53. The molecule has 1 unspecified atom stereocenters. The molecule has 0 rings (SSSR count). The summed E-state index contributed by atoms with van der Waals surface area (Å²) in [4.78, 5) is 13.0. The average molecular weight is 304 g/mol. The zero-order valence-electron chi connectivity index (χ0n) is 11.4. The highest BCUT2D eigenvalue weighted by Crippen LogP contribution is 2.27. The van der Waals surface area contributed by atoms with Crippen molar-refractivity contribution in [1.82, 2.24) is 9.21 Å². The van der Waals surface area contributed by atoms with Crippen LogP contribution in [0, 0.1) is 0 Å². The minimum absolute atomic E-state index is 0.373. The van der Waals surface area contributed by atoms with Crippen molar-refractivity contribution < 1.29 is 26.4 Å². The van der Waals surface area contributed by atoms with Gasteiger partial charge in [-0.25, -0.2) is 8.42 Å². The molecule has 0 radical (unpaired) electrons. The second kappa shape index (κ2) is 6.56. The quantitative estimate of drug-likeness (QED) is 0.737. The van der Waals surface area contributed by atoms with Crippen molar-refractivity contribution >= 4 is 15.9 Å². The molecule has 0 aromatic carbocycles. The number of carbonyl (C=O) groups is 1. The summed E-state index contributed by atoms with van der Waals surface area (Å²) in [5.41, 5.74) is 0. The van der Waals surface area contributed by atoms with Gasteiger partial charge in [-0.2, -0.15) is 17.5 Å². The van der Waals surface area contributed by atoms with E-state index in [4.69, 9.17) is 0 Å². The van der Waals surface area contributed by atoms with Gasteiger partial charge in [-0.15, -0.1) is 0 Å². The van der Waals surface area contributed by atoms with Gasteiger partial charge < -0.3 is 4.90 Å². The van der Waals surface area contributed by atoms with Crippen LogP contribution in [0.15, 0.2) is 0 Å². The Labute approximate surface area is 111 Å². The summed E-state index contributed by atoms with van der Waals surface area (Å²) in [5.74, 6) is -0.523. The van der Waals surface area contributed by atoms with E-state index in [1.54, 1.807) is 13.8 Å². The Morgan fingerprint density at radius 3 is 1.95 bits per heavy atom. The molecule has 0 aromatic rings. The maximum atomic E-state index is 12.4. The minimum Gasteiger partial charge on any atom is -0.342 e. The lowest BCUT2D eigenvalue weighted by Crippen LogP contribution is -2.47. The van der Waals surface area contributed by atoms with Crippen LogP contribution >= 0.6 is 0 Å². The molecule has 0 aliphatic rings. The van der Waals surface area contributed by atoms with Gasteiger partial charge in [-0.1, -0.05) is 0 Å². The largest absolute Gasteiger partial charge is 0.406 e. The van der Waals surface area contributed by atoms with Gasteiger partial charge in [0.25, 0.3) is 0 Å². The number of halogens is 3. The monoisotopic (exact) mass is 304 g/mol. The van der Waals surface area contributed by atoms with E-state index in [9.17, 15) is 26.4 Å². The van der Waals surface area contributed by atoms with E-state index >= 15 is 0 Å². The maximum absolute atomic E-state index is 12.4. The lowest BCUT2D eigenvalue weighted by Gasteiger charge is -2.26. The fourth-order valence-electron chi connectivity index (χ4n) is 1.40. The van der Waals surface area contributed by atoms with Crippen LogP contribution in [0.25, 0.3) is 0 Å². The normalized spacial score (nSPS) is 14.5. The molecule has 0 aliphatic heterocycles. The zero-order valence-corrected chi connectivity index (χ0v) is 12.2. The number of rotatable bonds is 6. The molecular formula is C10H19F3N2O3S. The standard InChI is InChI=1S/C10H19F3N2O3S/c1-5-15(6-2)9(16)7-14(4)19(17,18)8(3)10(11,12)13/h8H,5-7H2,1-4H3. The Balaban J connectivity index is 4.93. The molecule has 114 valence electrons. The number of nitrogens with zero attached hydrogens (tertiary/aromatic N) is 2. The van der Waals surface area contributed by atoms with E-state index in [0.717, 1.165) is 7.05 Å². The van der Waals surface area contributed by atoms with E-state index in [1.165, 1.54) is 4.90 Å². The van der Waals surface area contributed by atoms with Gasteiger partial charge in [-0.3, -0.25) is 4.79 Å². The SMILES string of the molecule is CCN(CC)C(=O)CN(C)S(=O)(=O)C(C)C(F)(F)F. The van der Waals surface area contributed by atoms with Crippen molar-refractivity contribution in [3.63, 3.8) is 0 Å². The number of alkyl halides is 3. The number of hydrogen-bond acceptors (Lipinski definition) is 3. The van der Waals surface area contributed by atoms with Crippen LogP contribution in [0.5, 0.6) is 0 Å². The molecule has 0 aliphatic carbocycles. The highest BCUT2D eigenvalue weighted by atomic mass is 32.2. The van der Waals surface area contributed by atoms with Crippen molar-refractivity contribution in [2.45, 2.75) is 32.2 Å². The van der Waals surface area contributed by atoms with Crippen molar-refractivity contribution in [1.29, 1.82) is 0 Å². The fourth-order valence-corrected chi connectivity index (χ4v) is 2.56. The van der Waals surface area contributed by atoms with Crippen LogP contribution in [-0.2, 0) is 14.8 Å². The molecule has 0 fully saturated rings. The van der Waals surface area contributed by atoms with Crippen molar-refractivity contribution in [2.75, 3.05) is 26.7 Å². The summed E-state index contributed by atoms with van der Waals surface area (Å²) in [6.45, 7) is 4.12. The van der Waals surface area contributed by atoms with Crippen LogP contribution < -0.4 is 0 Å². The summed E-state index contributed by atoms with van der Waals surface area (Å²) in [6.07, 6.45) is -4.86. The number of carbonyl (C=O) groups excluding carboxylic acids is 1. The van der Waals surface area contributed by atoms with Gasteiger partial charge in [0, 0.05) is 20.1 Å². The Morgan fingerprint density at radius 2 is 1.63 bits per heavy atom. The maximum Gasteiger partial charge on any atom is 0.406 e. The topological polar surface area (TPSA) is 57.7 Å². The molecule has 5 nitrogen and oxygen atoms in total. The van der Waals surface area contributed by atoms with Crippen molar-refractivity contribution in [3.8, 4) is 0 Å². The predicted molar refractivity (Wildman–Crippen MR) is 65.0 cm³/mol. The Hall–Kier alpha value is -0.830. The van der Waals surface area contributed by atoms with Gasteiger partial charge in [0.2, 0.25) is 15.9 Å². The second-order valence-electron chi connectivity index (χ2n) is 4.05. The van der Waals surface area contributed by atoms with Gasteiger partial charge in [0.15, 0.2) is 5.25 Å². The van der Waals surface area contributed by atoms with Crippen LogP contribution in [0.2, 0.25) is 0 Å². The van der Waals surface area contributed by atoms with Crippen molar-refractivity contribution in [3.05, 3.63) is 0 Å². The fraction of sp³-hybridized carbons (Fsp3) is 0.900. The number of sulfonamides is 1. The van der Waals surface area contributed by atoms with E-state index in [2.05, 4.69) is 0 Å². The molecule has 0 heterocycles. The van der Waals surface area contributed by atoms with Crippen LogP contribution in [0.4, 0.5) is 13.2 Å². The molecule has 9 heteroatoms. The van der Waals surface area contributed by atoms with E-state index in [0.29, 0.717) is 24.3 Å². The van der Waals surface area contributed by atoms with Crippen LogP contribution in [0.1, 0.15) is 20.8 Å². The van der Waals surface area contributed by atoms with E-state index < -0.39 is 33.9 Å². The third-order valence-corrected chi connectivity index (χ3v) is 4.98. The molecule has 0 aromatic heterocycles. The van der Waals surface area contributed by atoms with Gasteiger partial charge >= 0.3 is 6.18 Å². The van der Waals surface area contributed by atoms with Gasteiger partial charge in [-0.05, 0) is 20.8 Å². The molecule has 0 bridgehead atoms. The third kappa shape index (κ3) is 4.64. The third-order valence-electron chi connectivity index (χ3n) is 2.82. The second-order valence-corrected chi connectivity index (χ2v) is 6.41. The van der Waals surface area contributed by atoms with E-state index in [1.807, 2.05) is 0 Å². The number of amides is 1. The van der Waals surface area contributed by atoms with Gasteiger partial charge in [0.1, 0.15) is 0 Å². The zero-order chi connectivity index (χ0) is 15.4. The minimum atomic E-state index is -4.86. The highest BCUT2D eigenvalue weighted by Gasteiger charge is 2.47. The molecule has 1 amide bonds. The summed E-state index contributed by atoms with van der Waals surface area (Å²) < 4.78 is 61.0. The average Bonchev–Trinajstić information content (AvgIpc) is 2.28. The first-order chi connectivity index (χ1) is 8.48. The number of hydrogen-bond donors (Lipinski definition) is 0. The van der Waals surface area contributed by atoms with Gasteiger partial charge in [0.05, 0.1) is 6.54 Å². The molecule has 0 spiro atoms. The molecule has 19 heavy (non-hydrogen) atoms. The molecule has 1 atom stereocenters. The first-order valence-corrected chi connectivity index (χ1v) is 7.28. The number of likely N-dealkylation sites (N-methyl/N-ethyl adjacent to an activating group) is 2. The smallest absolute Gasteiger partial charge is 0.342 e. The van der Waals surface area contributed by atoms with Crippen molar-refractivity contribution in [2.24, 2.45) is 0 Å². The molecular weight excluding hydrogens is 285 g/mol. The van der Waals surface area contributed by atoms with Crippen LogP contribution in [-0.4, -0.2) is 61.6 Å². The van der Waals surface area contributed by atoms with E-state index in [-0.39, 0.29) is 0 Å². The molecule has 0 saturated heterocycles. The molecule has 0 N–H and O–H groups in total.